The van der Waals surface area contributed by atoms with Gasteiger partial charge in [-0.2, -0.15) is 0 Å². The zero-order valence-corrected chi connectivity index (χ0v) is 23.8. The standard InChI is InChI=1S/C29H32BrClN2O2S/c1-21(2)32-29(35)27(19-22-7-4-3-5-8-22)33(20-23-10-12-24(30)13-11-23)28(34)9-6-18-36-26-16-14-25(31)15-17-26/h3-5,7-8,10-17,21,27H,6,9,18-20H2,1-2H3,(H,32,35). The highest BCUT2D eigenvalue weighted by molar-refractivity contribution is 9.10. The Kier molecular flexibility index (Phi) is 11.4. The molecule has 0 bridgehead atoms. The lowest BCUT2D eigenvalue weighted by molar-refractivity contribution is -0.141. The monoisotopic (exact) mass is 586 g/mol. The molecule has 3 aromatic carbocycles. The summed E-state index contributed by atoms with van der Waals surface area (Å²) in [5, 5.41) is 3.74. The van der Waals surface area contributed by atoms with Crippen LogP contribution in [-0.4, -0.2) is 34.6 Å². The number of nitrogens with one attached hydrogen (secondary N) is 1. The lowest BCUT2D eigenvalue weighted by Gasteiger charge is -2.32. The molecule has 3 rings (SSSR count). The molecule has 0 heterocycles. The molecule has 0 aliphatic heterocycles. The van der Waals surface area contributed by atoms with Gasteiger partial charge in [-0.15, -0.1) is 11.8 Å². The van der Waals surface area contributed by atoms with Gasteiger partial charge in [0.05, 0.1) is 0 Å². The summed E-state index contributed by atoms with van der Waals surface area (Å²) in [6.07, 6.45) is 1.55. The number of benzene rings is 3. The molecule has 3 aromatic rings. The summed E-state index contributed by atoms with van der Waals surface area (Å²) in [6, 6.07) is 24.9. The molecule has 0 fully saturated rings. The number of rotatable bonds is 12. The van der Waals surface area contributed by atoms with E-state index in [0.29, 0.717) is 30.8 Å². The van der Waals surface area contributed by atoms with Crippen molar-refractivity contribution in [3.63, 3.8) is 0 Å². The van der Waals surface area contributed by atoms with Gasteiger partial charge in [-0.05, 0) is 73.5 Å². The Labute approximate surface area is 231 Å². The SMILES string of the molecule is CC(C)NC(=O)C(Cc1ccccc1)N(Cc1ccc(Br)cc1)C(=O)CCCSc1ccc(Cl)cc1. The third-order valence-electron chi connectivity index (χ3n) is 5.59. The molecule has 0 spiro atoms. The van der Waals surface area contributed by atoms with E-state index in [1.807, 2.05) is 92.7 Å². The lowest BCUT2D eigenvalue weighted by Crippen LogP contribution is -2.51. The summed E-state index contributed by atoms with van der Waals surface area (Å²) < 4.78 is 0.974. The molecule has 0 aliphatic rings. The summed E-state index contributed by atoms with van der Waals surface area (Å²) >= 11 is 11.1. The maximum absolute atomic E-state index is 13.6. The normalized spacial score (nSPS) is 11.8. The second-order valence-electron chi connectivity index (χ2n) is 8.92. The highest BCUT2D eigenvalue weighted by Gasteiger charge is 2.30. The number of hydrogen-bond acceptors (Lipinski definition) is 3. The fourth-order valence-corrected chi connectivity index (χ4v) is 5.05. The fourth-order valence-electron chi connectivity index (χ4n) is 3.81. The molecule has 0 saturated carbocycles. The summed E-state index contributed by atoms with van der Waals surface area (Å²) in [7, 11) is 0. The van der Waals surface area contributed by atoms with E-state index in [4.69, 9.17) is 11.6 Å². The number of nitrogens with zero attached hydrogens (tertiary/aromatic N) is 1. The molecule has 0 aliphatic carbocycles. The molecule has 190 valence electrons. The van der Waals surface area contributed by atoms with Gasteiger partial charge in [0.15, 0.2) is 0 Å². The third kappa shape index (κ3) is 9.30. The molecular weight excluding hydrogens is 556 g/mol. The Morgan fingerprint density at radius 3 is 2.25 bits per heavy atom. The van der Waals surface area contributed by atoms with Gasteiger partial charge in [0, 0.05) is 39.8 Å². The van der Waals surface area contributed by atoms with Crippen LogP contribution in [0.1, 0.15) is 37.8 Å². The molecule has 7 heteroatoms. The van der Waals surface area contributed by atoms with Gasteiger partial charge in [0.1, 0.15) is 6.04 Å². The Balaban J connectivity index is 1.77. The minimum atomic E-state index is -0.602. The van der Waals surface area contributed by atoms with Gasteiger partial charge in [0.2, 0.25) is 11.8 Å². The first-order valence-electron chi connectivity index (χ1n) is 12.1. The molecule has 0 saturated heterocycles. The second-order valence-corrected chi connectivity index (χ2v) is 11.4. The second kappa shape index (κ2) is 14.5. The number of halogens is 2. The molecule has 2 amide bonds. The lowest BCUT2D eigenvalue weighted by atomic mass is 10.0. The molecule has 0 radical (unpaired) electrons. The van der Waals surface area contributed by atoms with Crippen molar-refractivity contribution >= 4 is 51.1 Å². The van der Waals surface area contributed by atoms with E-state index in [2.05, 4.69) is 21.2 Å². The third-order valence-corrected chi connectivity index (χ3v) is 7.46. The summed E-state index contributed by atoms with van der Waals surface area (Å²) in [6.45, 7) is 4.25. The van der Waals surface area contributed by atoms with E-state index in [0.717, 1.165) is 26.2 Å². The topological polar surface area (TPSA) is 49.4 Å². The van der Waals surface area contributed by atoms with Gasteiger partial charge in [-0.1, -0.05) is 70.0 Å². The van der Waals surface area contributed by atoms with Crippen molar-refractivity contribution in [2.45, 2.75) is 56.6 Å². The van der Waals surface area contributed by atoms with Crippen molar-refractivity contribution < 1.29 is 9.59 Å². The van der Waals surface area contributed by atoms with E-state index in [1.165, 1.54) is 0 Å². The first kappa shape index (κ1) is 28.3. The van der Waals surface area contributed by atoms with Gasteiger partial charge in [-0.25, -0.2) is 0 Å². The summed E-state index contributed by atoms with van der Waals surface area (Å²) in [5.41, 5.74) is 2.01. The van der Waals surface area contributed by atoms with Crippen molar-refractivity contribution in [2.75, 3.05) is 5.75 Å². The van der Waals surface area contributed by atoms with Gasteiger partial charge < -0.3 is 10.2 Å². The van der Waals surface area contributed by atoms with E-state index in [-0.39, 0.29) is 17.9 Å². The van der Waals surface area contributed by atoms with Crippen LogP contribution < -0.4 is 5.32 Å². The Morgan fingerprint density at radius 1 is 0.944 bits per heavy atom. The molecule has 36 heavy (non-hydrogen) atoms. The summed E-state index contributed by atoms with van der Waals surface area (Å²) in [4.78, 5) is 29.8. The quantitative estimate of drug-likeness (QED) is 0.181. The van der Waals surface area contributed by atoms with Crippen LogP contribution in [0.25, 0.3) is 0 Å². The van der Waals surface area contributed by atoms with Crippen molar-refractivity contribution in [1.29, 1.82) is 0 Å². The van der Waals surface area contributed by atoms with Gasteiger partial charge >= 0.3 is 0 Å². The zero-order chi connectivity index (χ0) is 25.9. The predicted octanol–water partition coefficient (Wildman–Crippen LogP) is 7.14. The maximum Gasteiger partial charge on any atom is 0.243 e. The fraction of sp³-hybridized carbons (Fsp3) is 0.310. The Bertz CT molecular complexity index is 1110. The van der Waals surface area contributed by atoms with Crippen LogP contribution in [0.4, 0.5) is 0 Å². The number of carbonyl (C=O) groups is 2. The average Bonchev–Trinajstić information content (AvgIpc) is 2.86. The minimum absolute atomic E-state index is 0.0174. The smallest absolute Gasteiger partial charge is 0.243 e. The number of carbonyl (C=O) groups excluding carboxylic acids is 2. The average molecular weight is 588 g/mol. The van der Waals surface area contributed by atoms with Crippen LogP contribution in [0.15, 0.2) is 88.2 Å². The van der Waals surface area contributed by atoms with Crippen LogP contribution >= 0.6 is 39.3 Å². The number of thioether (sulfide) groups is 1. The van der Waals surface area contributed by atoms with Gasteiger partial charge in [0.25, 0.3) is 0 Å². The summed E-state index contributed by atoms with van der Waals surface area (Å²) in [5.74, 6) is 0.658. The van der Waals surface area contributed by atoms with Crippen LogP contribution in [0.3, 0.4) is 0 Å². The van der Waals surface area contributed by atoms with Crippen LogP contribution in [0.2, 0.25) is 5.02 Å². The molecular formula is C29H32BrClN2O2S. The first-order valence-corrected chi connectivity index (χ1v) is 14.2. The van der Waals surface area contributed by atoms with Gasteiger partial charge in [-0.3, -0.25) is 9.59 Å². The highest BCUT2D eigenvalue weighted by Crippen LogP contribution is 2.23. The van der Waals surface area contributed by atoms with Crippen molar-refractivity contribution in [2.24, 2.45) is 0 Å². The molecule has 1 N–H and O–H groups in total. The van der Waals surface area contributed by atoms with E-state index in [9.17, 15) is 9.59 Å². The van der Waals surface area contributed by atoms with E-state index >= 15 is 0 Å². The predicted molar refractivity (Wildman–Crippen MR) is 153 cm³/mol. The van der Waals surface area contributed by atoms with Crippen LogP contribution in [0.5, 0.6) is 0 Å². The van der Waals surface area contributed by atoms with Crippen molar-refractivity contribution in [3.05, 3.63) is 99.5 Å². The van der Waals surface area contributed by atoms with E-state index in [1.54, 1.807) is 16.7 Å². The Hall–Kier alpha value is -2.28. The largest absolute Gasteiger partial charge is 0.352 e. The minimum Gasteiger partial charge on any atom is -0.352 e. The maximum atomic E-state index is 13.6. The van der Waals surface area contributed by atoms with Crippen molar-refractivity contribution in [1.82, 2.24) is 10.2 Å². The zero-order valence-electron chi connectivity index (χ0n) is 20.6. The van der Waals surface area contributed by atoms with Crippen molar-refractivity contribution in [3.8, 4) is 0 Å². The molecule has 4 nitrogen and oxygen atoms in total. The van der Waals surface area contributed by atoms with Crippen LogP contribution in [0, 0.1) is 0 Å². The number of hydrogen-bond donors (Lipinski definition) is 1. The van der Waals surface area contributed by atoms with Crippen LogP contribution in [-0.2, 0) is 22.6 Å². The number of amides is 2. The Morgan fingerprint density at radius 2 is 1.61 bits per heavy atom. The van der Waals surface area contributed by atoms with E-state index < -0.39 is 6.04 Å². The molecule has 1 atom stereocenters. The molecule has 1 unspecified atom stereocenters. The first-order chi connectivity index (χ1) is 17.3. The molecule has 0 aromatic heterocycles. The highest BCUT2D eigenvalue weighted by atomic mass is 79.9.